The summed E-state index contributed by atoms with van der Waals surface area (Å²) in [6.45, 7) is 7.83. The minimum absolute atomic E-state index is 0.0211. The zero-order valence-corrected chi connectivity index (χ0v) is 16.9. The summed E-state index contributed by atoms with van der Waals surface area (Å²) in [7, 11) is 0. The van der Waals surface area contributed by atoms with Crippen LogP contribution in [0, 0.1) is 6.92 Å². The van der Waals surface area contributed by atoms with Gasteiger partial charge in [-0.1, -0.05) is 31.5 Å². The number of unbranched alkanes of at least 4 members (excludes halogenated alkanes) is 1. The van der Waals surface area contributed by atoms with E-state index in [9.17, 15) is 4.79 Å². The first-order valence-corrected chi connectivity index (χ1v) is 9.94. The van der Waals surface area contributed by atoms with Gasteiger partial charge in [-0.15, -0.1) is 10.2 Å². The molecule has 0 aliphatic heterocycles. The van der Waals surface area contributed by atoms with E-state index in [0.29, 0.717) is 12.8 Å². The first-order valence-electron chi connectivity index (χ1n) is 9.94. The number of aromatic nitrogens is 5. The predicted octanol–water partition coefficient (Wildman–Crippen LogP) is 3.84. The topological polar surface area (TPSA) is 77.6 Å². The van der Waals surface area contributed by atoms with Gasteiger partial charge in [-0.3, -0.25) is 9.48 Å². The van der Waals surface area contributed by atoms with E-state index in [-0.39, 0.29) is 5.91 Å². The van der Waals surface area contributed by atoms with E-state index >= 15 is 0 Å². The zero-order chi connectivity index (χ0) is 19.9. The molecule has 148 valence electrons. The van der Waals surface area contributed by atoms with E-state index in [1.165, 1.54) is 0 Å². The summed E-state index contributed by atoms with van der Waals surface area (Å²) < 4.78 is 4.09. The molecule has 3 rings (SSSR count). The van der Waals surface area contributed by atoms with Crippen molar-refractivity contribution in [3.05, 3.63) is 47.9 Å². The number of benzene rings is 1. The first-order chi connectivity index (χ1) is 13.6. The average molecular weight is 380 g/mol. The van der Waals surface area contributed by atoms with Gasteiger partial charge >= 0.3 is 0 Å². The van der Waals surface area contributed by atoms with Crippen molar-refractivity contribution in [3.63, 3.8) is 0 Å². The van der Waals surface area contributed by atoms with Gasteiger partial charge in [0, 0.05) is 31.6 Å². The highest BCUT2D eigenvalue weighted by Gasteiger charge is 2.18. The molecule has 0 unspecified atom stereocenters. The third kappa shape index (κ3) is 4.65. The van der Waals surface area contributed by atoms with Gasteiger partial charge in [-0.25, -0.2) is 0 Å². The molecule has 0 fully saturated rings. The fourth-order valence-corrected chi connectivity index (χ4v) is 3.20. The van der Waals surface area contributed by atoms with Crippen LogP contribution in [0.4, 0.5) is 5.69 Å². The van der Waals surface area contributed by atoms with Crippen LogP contribution in [-0.4, -0.2) is 30.5 Å². The third-order valence-corrected chi connectivity index (χ3v) is 4.63. The van der Waals surface area contributed by atoms with Crippen molar-refractivity contribution in [2.75, 3.05) is 5.32 Å². The fraction of sp³-hybridized carbons (Fsp3) is 0.429. The van der Waals surface area contributed by atoms with E-state index in [1.807, 2.05) is 48.0 Å². The molecule has 28 heavy (non-hydrogen) atoms. The molecule has 0 spiro atoms. The van der Waals surface area contributed by atoms with Crippen LogP contribution in [0.25, 0.3) is 11.5 Å². The third-order valence-electron chi connectivity index (χ3n) is 4.63. The lowest BCUT2D eigenvalue weighted by Gasteiger charge is -2.11. The molecule has 0 atom stereocenters. The Hall–Kier alpha value is -2.96. The maximum absolute atomic E-state index is 12.3. The van der Waals surface area contributed by atoms with Crippen LogP contribution < -0.4 is 5.32 Å². The van der Waals surface area contributed by atoms with Gasteiger partial charge in [0.15, 0.2) is 5.82 Å². The number of rotatable bonds is 9. The molecule has 0 saturated carbocycles. The van der Waals surface area contributed by atoms with Gasteiger partial charge in [0.1, 0.15) is 11.5 Å². The van der Waals surface area contributed by atoms with Crippen molar-refractivity contribution >= 4 is 11.6 Å². The van der Waals surface area contributed by atoms with Crippen LogP contribution in [0.5, 0.6) is 0 Å². The minimum Gasteiger partial charge on any atom is -0.326 e. The van der Waals surface area contributed by atoms with Crippen molar-refractivity contribution in [1.29, 1.82) is 0 Å². The lowest BCUT2D eigenvalue weighted by atomic mass is 10.2. The summed E-state index contributed by atoms with van der Waals surface area (Å²) in [4.78, 5) is 12.3. The highest BCUT2D eigenvalue weighted by molar-refractivity contribution is 5.90. The average Bonchev–Trinajstić information content (AvgIpc) is 3.27. The summed E-state index contributed by atoms with van der Waals surface area (Å²) in [5.41, 5.74) is 2.75. The summed E-state index contributed by atoms with van der Waals surface area (Å²) in [5, 5.41) is 16.3. The molecule has 0 saturated heterocycles. The molecule has 7 heteroatoms. The van der Waals surface area contributed by atoms with E-state index in [0.717, 1.165) is 54.7 Å². The largest absolute Gasteiger partial charge is 0.326 e. The number of carbonyl (C=O) groups is 1. The number of aryl methyl sites for hydroxylation is 3. The van der Waals surface area contributed by atoms with Crippen molar-refractivity contribution in [1.82, 2.24) is 24.5 Å². The summed E-state index contributed by atoms with van der Waals surface area (Å²) in [5.74, 6) is 1.65. The molecule has 0 bridgehead atoms. The summed E-state index contributed by atoms with van der Waals surface area (Å²) >= 11 is 0. The molecule has 0 radical (unpaired) electrons. The number of anilines is 1. The second-order valence-electron chi connectivity index (χ2n) is 6.85. The van der Waals surface area contributed by atoms with E-state index in [4.69, 9.17) is 0 Å². The number of hydrogen-bond acceptors (Lipinski definition) is 4. The van der Waals surface area contributed by atoms with Crippen LogP contribution in [0.2, 0.25) is 0 Å². The molecule has 1 N–H and O–H groups in total. The monoisotopic (exact) mass is 380 g/mol. The molecule has 0 aliphatic rings. The van der Waals surface area contributed by atoms with Crippen LogP contribution >= 0.6 is 0 Å². The Morgan fingerprint density at radius 1 is 1.14 bits per heavy atom. The molecule has 7 nitrogen and oxygen atoms in total. The van der Waals surface area contributed by atoms with Gasteiger partial charge in [0.2, 0.25) is 5.91 Å². The van der Waals surface area contributed by atoms with E-state index < -0.39 is 0 Å². The van der Waals surface area contributed by atoms with Gasteiger partial charge in [-0.05, 0) is 38.5 Å². The molecule has 3 aromatic rings. The Labute approximate surface area is 165 Å². The number of para-hydroxylation sites is 1. The normalized spacial score (nSPS) is 11.0. The molecular formula is C21H28N6O. The number of nitrogens with zero attached hydrogens (tertiary/aromatic N) is 5. The van der Waals surface area contributed by atoms with Gasteiger partial charge in [-0.2, -0.15) is 5.10 Å². The Bertz CT molecular complexity index is 912. The lowest BCUT2D eigenvalue weighted by molar-refractivity contribution is -0.116. The molecule has 2 heterocycles. The summed E-state index contributed by atoms with van der Waals surface area (Å²) in [6.07, 6.45) is 3.03. The van der Waals surface area contributed by atoms with Crippen LogP contribution in [-0.2, 0) is 24.3 Å². The smallest absolute Gasteiger partial charge is 0.224 e. The Morgan fingerprint density at radius 2 is 1.93 bits per heavy atom. The SMILES string of the molecule is CCCCn1c(CCC(=O)Nc2ccccc2)nnc1-c1cc(C)nn1CC. The van der Waals surface area contributed by atoms with Gasteiger partial charge in [0.25, 0.3) is 0 Å². The van der Waals surface area contributed by atoms with Crippen LogP contribution in [0.1, 0.15) is 44.6 Å². The summed E-state index contributed by atoms with van der Waals surface area (Å²) in [6, 6.07) is 11.5. The molecule has 1 amide bonds. The van der Waals surface area contributed by atoms with Crippen LogP contribution in [0.15, 0.2) is 36.4 Å². The molecule has 1 aromatic carbocycles. The number of carbonyl (C=O) groups excluding carboxylic acids is 1. The Morgan fingerprint density at radius 3 is 2.64 bits per heavy atom. The van der Waals surface area contributed by atoms with Crippen molar-refractivity contribution in [2.45, 2.75) is 59.5 Å². The lowest BCUT2D eigenvalue weighted by Crippen LogP contribution is -2.14. The maximum atomic E-state index is 12.3. The standard InChI is InChI=1S/C21H28N6O/c1-4-6-14-26-19(12-13-20(28)22-17-10-8-7-9-11-17)23-24-21(26)18-15-16(3)25-27(18)5-2/h7-11,15H,4-6,12-14H2,1-3H3,(H,22,28). The van der Waals surface area contributed by atoms with E-state index in [1.54, 1.807) is 0 Å². The molecule has 2 aromatic heterocycles. The highest BCUT2D eigenvalue weighted by Crippen LogP contribution is 2.21. The second-order valence-corrected chi connectivity index (χ2v) is 6.85. The quantitative estimate of drug-likeness (QED) is 0.612. The Balaban J connectivity index is 1.77. The van der Waals surface area contributed by atoms with Gasteiger partial charge < -0.3 is 9.88 Å². The highest BCUT2D eigenvalue weighted by atomic mass is 16.1. The fourth-order valence-electron chi connectivity index (χ4n) is 3.20. The van der Waals surface area contributed by atoms with Crippen molar-refractivity contribution in [2.24, 2.45) is 0 Å². The predicted molar refractivity (Wildman–Crippen MR) is 110 cm³/mol. The Kier molecular flexibility index (Phi) is 6.57. The molecular weight excluding hydrogens is 352 g/mol. The number of amides is 1. The number of nitrogens with one attached hydrogen (secondary N) is 1. The van der Waals surface area contributed by atoms with E-state index in [2.05, 4.69) is 39.0 Å². The van der Waals surface area contributed by atoms with Gasteiger partial charge in [0.05, 0.1) is 5.69 Å². The molecule has 0 aliphatic carbocycles. The maximum Gasteiger partial charge on any atom is 0.224 e. The van der Waals surface area contributed by atoms with Crippen molar-refractivity contribution in [3.8, 4) is 11.5 Å². The zero-order valence-electron chi connectivity index (χ0n) is 16.9. The second kappa shape index (κ2) is 9.30. The van der Waals surface area contributed by atoms with Crippen molar-refractivity contribution < 1.29 is 4.79 Å². The van der Waals surface area contributed by atoms with Crippen LogP contribution in [0.3, 0.4) is 0 Å². The number of hydrogen-bond donors (Lipinski definition) is 1. The first kappa shape index (κ1) is 19.8. The minimum atomic E-state index is -0.0211.